The Morgan fingerprint density at radius 1 is 1.40 bits per heavy atom. The number of hydrogen-bond acceptors (Lipinski definition) is 4. The molecule has 0 amide bonds. The van der Waals surface area contributed by atoms with Crippen LogP contribution in [-0.4, -0.2) is 23.3 Å². The van der Waals surface area contributed by atoms with Gasteiger partial charge in [-0.25, -0.2) is 8.42 Å². The van der Waals surface area contributed by atoms with E-state index >= 15 is 0 Å². The van der Waals surface area contributed by atoms with Crippen LogP contribution in [0.5, 0.6) is 0 Å². The zero-order valence-electron chi connectivity index (χ0n) is 11.4. The number of anilines is 1. The Hall–Kier alpha value is -1.86. The van der Waals surface area contributed by atoms with Crippen molar-refractivity contribution in [3.63, 3.8) is 0 Å². The Bertz CT molecular complexity index is 707. The SMILES string of the molecule is CCc1nn(C)cc1NS(=O)(=O)c1cccc(CO)c1. The van der Waals surface area contributed by atoms with E-state index in [9.17, 15) is 8.42 Å². The Kier molecular flexibility index (Phi) is 4.10. The molecule has 108 valence electrons. The number of sulfonamides is 1. The molecule has 2 N–H and O–H groups in total. The quantitative estimate of drug-likeness (QED) is 0.870. The molecule has 1 heterocycles. The monoisotopic (exact) mass is 295 g/mol. The fourth-order valence-corrected chi connectivity index (χ4v) is 3.04. The van der Waals surface area contributed by atoms with E-state index in [-0.39, 0.29) is 11.5 Å². The lowest BCUT2D eigenvalue weighted by molar-refractivity contribution is 0.281. The van der Waals surface area contributed by atoms with E-state index in [2.05, 4.69) is 9.82 Å². The normalized spacial score (nSPS) is 11.6. The molecule has 7 heteroatoms. The standard InChI is InChI=1S/C13H17N3O3S/c1-3-12-13(8-16(2)14-12)15-20(18,19)11-6-4-5-10(7-11)9-17/h4-8,15,17H,3,9H2,1-2H3. The Labute approximate surface area is 118 Å². The van der Waals surface area contributed by atoms with Crippen LogP contribution < -0.4 is 4.72 Å². The highest BCUT2D eigenvalue weighted by Gasteiger charge is 2.17. The summed E-state index contributed by atoms with van der Waals surface area (Å²) in [5.74, 6) is 0. The van der Waals surface area contributed by atoms with Gasteiger partial charge in [-0.2, -0.15) is 5.10 Å². The van der Waals surface area contributed by atoms with Gasteiger partial charge in [-0.05, 0) is 24.1 Å². The van der Waals surface area contributed by atoms with Gasteiger partial charge in [0.1, 0.15) is 0 Å². The van der Waals surface area contributed by atoms with Crippen molar-refractivity contribution in [3.05, 3.63) is 41.7 Å². The summed E-state index contributed by atoms with van der Waals surface area (Å²) in [6, 6.07) is 6.21. The zero-order valence-corrected chi connectivity index (χ0v) is 12.2. The summed E-state index contributed by atoms with van der Waals surface area (Å²) in [6.45, 7) is 1.71. The van der Waals surface area contributed by atoms with E-state index in [0.29, 0.717) is 23.4 Å². The maximum absolute atomic E-state index is 12.3. The molecule has 6 nitrogen and oxygen atoms in total. The third kappa shape index (κ3) is 3.00. The van der Waals surface area contributed by atoms with Gasteiger partial charge in [-0.3, -0.25) is 9.40 Å². The number of rotatable bonds is 5. The van der Waals surface area contributed by atoms with Crippen LogP contribution in [0.3, 0.4) is 0 Å². The molecule has 0 saturated carbocycles. The molecular formula is C13H17N3O3S. The van der Waals surface area contributed by atoms with E-state index < -0.39 is 10.0 Å². The molecule has 20 heavy (non-hydrogen) atoms. The van der Waals surface area contributed by atoms with E-state index in [0.717, 1.165) is 0 Å². The minimum absolute atomic E-state index is 0.120. The predicted octanol–water partition coefficient (Wildman–Crippen LogP) is 1.28. The number of aliphatic hydroxyl groups excluding tert-OH is 1. The van der Waals surface area contributed by atoms with E-state index in [1.807, 2.05) is 6.92 Å². The Morgan fingerprint density at radius 3 is 2.80 bits per heavy atom. The number of nitrogens with one attached hydrogen (secondary N) is 1. The van der Waals surface area contributed by atoms with Crippen molar-refractivity contribution < 1.29 is 13.5 Å². The van der Waals surface area contributed by atoms with Crippen LogP contribution in [0.2, 0.25) is 0 Å². The average Bonchev–Trinajstić information content (AvgIpc) is 2.78. The highest BCUT2D eigenvalue weighted by atomic mass is 32.2. The van der Waals surface area contributed by atoms with Gasteiger partial charge >= 0.3 is 0 Å². The third-order valence-corrected chi connectivity index (χ3v) is 4.24. The van der Waals surface area contributed by atoms with Crippen LogP contribution in [0.4, 0.5) is 5.69 Å². The minimum atomic E-state index is -3.68. The smallest absolute Gasteiger partial charge is 0.262 e. The summed E-state index contributed by atoms with van der Waals surface area (Å²) in [7, 11) is -1.94. The number of aliphatic hydroxyl groups is 1. The van der Waals surface area contributed by atoms with E-state index in [1.54, 1.807) is 30.1 Å². The molecule has 1 aromatic carbocycles. The maximum Gasteiger partial charge on any atom is 0.262 e. The van der Waals surface area contributed by atoms with Gasteiger partial charge in [-0.15, -0.1) is 0 Å². The first-order valence-corrected chi connectivity index (χ1v) is 7.69. The summed E-state index contributed by atoms with van der Waals surface area (Å²) >= 11 is 0. The van der Waals surface area contributed by atoms with E-state index in [1.165, 1.54) is 12.1 Å². The molecule has 0 aliphatic heterocycles. The van der Waals surface area contributed by atoms with Crippen molar-refractivity contribution >= 4 is 15.7 Å². The van der Waals surface area contributed by atoms with Gasteiger partial charge in [-0.1, -0.05) is 19.1 Å². The lowest BCUT2D eigenvalue weighted by atomic mass is 10.2. The molecular weight excluding hydrogens is 278 g/mol. The van der Waals surface area contributed by atoms with Gasteiger partial charge in [0.15, 0.2) is 0 Å². The van der Waals surface area contributed by atoms with Crippen molar-refractivity contribution in [1.82, 2.24) is 9.78 Å². The summed E-state index contributed by atoms with van der Waals surface area (Å²) < 4.78 is 28.7. The first kappa shape index (κ1) is 14.5. The van der Waals surface area contributed by atoms with Gasteiger partial charge in [0, 0.05) is 13.2 Å². The molecule has 2 aromatic rings. The molecule has 0 unspecified atom stereocenters. The second kappa shape index (κ2) is 5.64. The van der Waals surface area contributed by atoms with Crippen LogP contribution in [0, 0.1) is 0 Å². The summed E-state index contributed by atoms with van der Waals surface area (Å²) in [6.07, 6.45) is 2.27. The van der Waals surface area contributed by atoms with Gasteiger partial charge < -0.3 is 5.11 Å². The predicted molar refractivity (Wildman–Crippen MR) is 75.8 cm³/mol. The van der Waals surface area contributed by atoms with Crippen molar-refractivity contribution in [2.24, 2.45) is 7.05 Å². The molecule has 0 saturated heterocycles. The van der Waals surface area contributed by atoms with Crippen LogP contribution in [-0.2, 0) is 30.1 Å². The summed E-state index contributed by atoms with van der Waals surface area (Å²) in [5.41, 5.74) is 1.72. The highest BCUT2D eigenvalue weighted by molar-refractivity contribution is 7.92. The van der Waals surface area contributed by atoms with Gasteiger partial charge in [0.25, 0.3) is 10.0 Å². The van der Waals surface area contributed by atoms with Crippen molar-refractivity contribution in [3.8, 4) is 0 Å². The fraction of sp³-hybridized carbons (Fsp3) is 0.308. The number of aryl methyl sites for hydroxylation is 2. The lowest BCUT2D eigenvalue weighted by Crippen LogP contribution is -2.13. The Balaban J connectivity index is 2.35. The van der Waals surface area contributed by atoms with E-state index in [4.69, 9.17) is 5.11 Å². The first-order valence-electron chi connectivity index (χ1n) is 6.21. The molecule has 0 bridgehead atoms. The fourth-order valence-electron chi connectivity index (χ4n) is 1.90. The van der Waals surface area contributed by atoms with Gasteiger partial charge in [0.05, 0.1) is 22.9 Å². The average molecular weight is 295 g/mol. The molecule has 0 atom stereocenters. The molecule has 0 radical (unpaired) electrons. The topological polar surface area (TPSA) is 84.2 Å². The zero-order chi connectivity index (χ0) is 14.8. The summed E-state index contributed by atoms with van der Waals surface area (Å²) in [4.78, 5) is 0.120. The Morgan fingerprint density at radius 2 is 2.15 bits per heavy atom. The number of aromatic nitrogens is 2. The third-order valence-electron chi connectivity index (χ3n) is 2.88. The lowest BCUT2D eigenvalue weighted by Gasteiger charge is -2.08. The van der Waals surface area contributed by atoms with Crippen molar-refractivity contribution in [1.29, 1.82) is 0 Å². The van der Waals surface area contributed by atoms with Crippen molar-refractivity contribution in [2.45, 2.75) is 24.8 Å². The number of benzene rings is 1. The molecule has 0 aliphatic carbocycles. The molecule has 0 fully saturated rings. The highest BCUT2D eigenvalue weighted by Crippen LogP contribution is 2.20. The number of hydrogen-bond donors (Lipinski definition) is 2. The second-order valence-electron chi connectivity index (χ2n) is 4.43. The molecule has 1 aromatic heterocycles. The second-order valence-corrected chi connectivity index (χ2v) is 6.11. The molecule has 0 spiro atoms. The van der Waals surface area contributed by atoms with Gasteiger partial charge in [0.2, 0.25) is 0 Å². The first-order chi connectivity index (χ1) is 9.46. The van der Waals surface area contributed by atoms with Crippen LogP contribution in [0.15, 0.2) is 35.4 Å². The molecule has 2 rings (SSSR count). The van der Waals surface area contributed by atoms with Crippen molar-refractivity contribution in [2.75, 3.05) is 4.72 Å². The maximum atomic E-state index is 12.3. The summed E-state index contributed by atoms with van der Waals surface area (Å²) in [5, 5.41) is 13.3. The number of nitrogens with zero attached hydrogens (tertiary/aromatic N) is 2. The van der Waals surface area contributed by atoms with Crippen LogP contribution in [0.1, 0.15) is 18.2 Å². The van der Waals surface area contributed by atoms with Crippen LogP contribution >= 0.6 is 0 Å². The van der Waals surface area contributed by atoms with Crippen LogP contribution in [0.25, 0.3) is 0 Å². The minimum Gasteiger partial charge on any atom is -0.392 e. The molecule has 0 aliphatic rings. The largest absolute Gasteiger partial charge is 0.392 e.